The third kappa shape index (κ3) is 5.42. The zero-order valence-corrected chi connectivity index (χ0v) is 16.8. The molecule has 0 aliphatic carbocycles. The normalized spacial score (nSPS) is 12.5. The quantitative estimate of drug-likeness (QED) is 0.480. The highest BCUT2D eigenvalue weighted by Gasteiger charge is 2.33. The minimum Gasteiger partial charge on any atom is -0.394 e. The third-order valence-electron chi connectivity index (χ3n) is 3.88. The van der Waals surface area contributed by atoms with E-state index in [-0.39, 0.29) is 28.8 Å². The Labute approximate surface area is 173 Å². The standard InChI is InChI=1S/C19H17BrF3N5O/c1-11(10-29)25-18-27-16(12-3-2-6-24-9-12)8-17(28-18)26-13-4-5-15(20)14(7-13)19(21,22)23/h2-9,11,29H,10H2,1H3,(H2,25,26,27,28)/t11-/m1/s1. The van der Waals surface area contributed by atoms with Gasteiger partial charge in [0.15, 0.2) is 0 Å². The number of pyridine rings is 1. The molecule has 1 atom stereocenters. The van der Waals surface area contributed by atoms with Gasteiger partial charge in [-0.25, -0.2) is 4.98 Å². The summed E-state index contributed by atoms with van der Waals surface area (Å²) in [6.07, 6.45) is -1.25. The van der Waals surface area contributed by atoms with Gasteiger partial charge in [0.05, 0.1) is 17.9 Å². The van der Waals surface area contributed by atoms with Gasteiger partial charge in [-0.3, -0.25) is 4.98 Å². The molecule has 0 saturated heterocycles. The highest BCUT2D eigenvalue weighted by atomic mass is 79.9. The lowest BCUT2D eigenvalue weighted by atomic mass is 10.2. The van der Waals surface area contributed by atoms with Crippen LogP contribution in [0.3, 0.4) is 0 Å². The molecule has 0 amide bonds. The fourth-order valence-electron chi connectivity index (χ4n) is 2.47. The molecule has 3 rings (SSSR count). The summed E-state index contributed by atoms with van der Waals surface area (Å²) in [5, 5.41) is 15.1. The van der Waals surface area contributed by atoms with Crippen molar-refractivity contribution in [3.8, 4) is 11.3 Å². The van der Waals surface area contributed by atoms with E-state index < -0.39 is 11.7 Å². The second-order valence-electron chi connectivity index (χ2n) is 6.25. The maximum atomic E-state index is 13.2. The van der Waals surface area contributed by atoms with Crippen molar-refractivity contribution in [1.82, 2.24) is 15.0 Å². The zero-order valence-electron chi connectivity index (χ0n) is 15.2. The van der Waals surface area contributed by atoms with Gasteiger partial charge in [-0.05, 0) is 37.3 Å². The van der Waals surface area contributed by atoms with Gasteiger partial charge >= 0.3 is 6.18 Å². The number of aromatic nitrogens is 3. The zero-order chi connectivity index (χ0) is 21.0. The average Bonchev–Trinajstić information content (AvgIpc) is 2.69. The molecule has 3 N–H and O–H groups in total. The lowest BCUT2D eigenvalue weighted by Gasteiger charge is -2.15. The first-order valence-corrected chi connectivity index (χ1v) is 9.36. The highest BCUT2D eigenvalue weighted by molar-refractivity contribution is 9.10. The molecule has 0 aliphatic heterocycles. The number of aliphatic hydroxyl groups excluding tert-OH is 1. The first kappa shape index (κ1) is 21.0. The van der Waals surface area contributed by atoms with Gasteiger partial charge in [0, 0.05) is 40.2 Å². The number of alkyl halides is 3. The van der Waals surface area contributed by atoms with Gasteiger partial charge in [0.25, 0.3) is 0 Å². The van der Waals surface area contributed by atoms with Crippen LogP contribution in [0.15, 0.2) is 53.3 Å². The molecule has 0 unspecified atom stereocenters. The Balaban J connectivity index is 1.99. The van der Waals surface area contributed by atoms with Crippen LogP contribution in [-0.2, 0) is 6.18 Å². The second kappa shape index (κ2) is 8.75. The summed E-state index contributed by atoms with van der Waals surface area (Å²) in [4.78, 5) is 12.8. The molecule has 3 aromatic rings. The fraction of sp³-hybridized carbons (Fsp3) is 0.211. The Morgan fingerprint density at radius 2 is 1.97 bits per heavy atom. The largest absolute Gasteiger partial charge is 0.417 e. The Bertz CT molecular complexity index is 985. The molecule has 152 valence electrons. The summed E-state index contributed by atoms with van der Waals surface area (Å²) < 4.78 is 39.5. The van der Waals surface area contributed by atoms with Crippen LogP contribution in [0.25, 0.3) is 11.3 Å². The number of hydrogen-bond acceptors (Lipinski definition) is 6. The molecule has 0 saturated carbocycles. The maximum Gasteiger partial charge on any atom is 0.417 e. The van der Waals surface area contributed by atoms with Gasteiger partial charge in [0.1, 0.15) is 5.82 Å². The lowest BCUT2D eigenvalue weighted by molar-refractivity contribution is -0.138. The van der Waals surface area contributed by atoms with E-state index in [1.165, 1.54) is 12.1 Å². The predicted octanol–water partition coefficient (Wildman–Crippen LogP) is 4.86. The number of rotatable bonds is 6. The Hall–Kier alpha value is -2.72. The van der Waals surface area contributed by atoms with E-state index in [9.17, 15) is 18.3 Å². The van der Waals surface area contributed by atoms with E-state index in [1.54, 1.807) is 37.5 Å². The van der Waals surface area contributed by atoms with Crippen LogP contribution in [0.5, 0.6) is 0 Å². The van der Waals surface area contributed by atoms with Crippen molar-refractivity contribution in [2.75, 3.05) is 17.2 Å². The number of nitrogens with zero attached hydrogens (tertiary/aromatic N) is 3. The van der Waals surface area contributed by atoms with Gasteiger partial charge in [-0.15, -0.1) is 0 Å². The molecule has 1 aromatic carbocycles. The molecular weight excluding hydrogens is 451 g/mol. The van der Waals surface area contributed by atoms with Crippen molar-refractivity contribution < 1.29 is 18.3 Å². The lowest BCUT2D eigenvalue weighted by Crippen LogP contribution is -2.21. The van der Waals surface area contributed by atoms with E-state index in [4.69, 9.17) is 0 Å². The summed E-state index contributed by atoms with van der Waals surface area (Å²) >= 11 is 2.93. The number of aliphatic hydroxyl groups is 1. The Morgan fingerprint density at radius 3 is 2.62 bits per heavy atom. The average molecular weight is 468 g/mol. The molecule has 0 spiro atoms. The summed E-state index contributed by atoms with van der Waals surface area (Å²) in [5.74, 6) is 0.519. The van der Waals surface area contributed by atoms with Crippen LogP contribution in [0, 0.1) is 0 Å². The molecule has 2 heterocycles. The maximum absolute atomic E-state index is 13.2. The summed E-state index contributed by atoms with van der Waals surface area (Å²) in [6.45, 7) is 1.61. The molecule has 0 fully saturated rings. The SMILES string of the molecule is C[C@H](CO)Nc1nc(Nc2ccc(Br)c(C(F)(F)F)c2)cc(-c2cccnc2)n1. The van der Waals surface area contributed by atoms with Crippen molar-refractivity contribution in [3.63, 3.8) is 0 Å². The van der Waals surface area contributed by atoms with Gasteiger partial charge < -0.3 is 15.7 Å². The first-order chi connectivity index (χ1) is 13.8. The fourth-order valence-corrected chi connectivity index (χ4v) is 2.94. The number of nitrogens with one attached hydrogen (secondary N) is 2. The molecule has 29 heavy (non-hydrogen) atoms. The third-order valence-corrected chi connectivity index (χ3v) is 4.57. The second-order valence-corrected chi connectivity index (χ2v) is 7.10. The summed E-state index contributed by atoms with van der Waals surface area (Å²) in [5.41, 5.74) is 0.662. The Kier molecular flexibility index (Phi) is 6.33. The smallest absolute Gasteiger partial charge is 0.394 e. The molecule has 6 nitrogen and oxygen atoms in total. The molecular formula is C19H17BrF3N5O. The summed E-state index contributed by atoms with van der Waals surface area (Å²) in [6, 6.07) is 8.69. The number of benzene rings is 1. The Morgan fingerprint density at radius 1 is 1.17 bits per heavy atom. The van der Waals surface area contributed by atoms with E-state index in [0.29, 0.717) is 17.1 Å². The van der Waals surface area contributed by atoms with E-state index in [1.807, 2.05) is 0 Å². The van der Waals surface area contributed by atoms with Crippen molar-refractivity contribution in [2.45, 2.75) is 19.1 Å². The minimum absolute atomic E-state index is 0.0478. The van der Waals surface area contributed by atoms with Crippen LogP contribution in [-0.4, -0.2) is 32.7 Å². The molecule has 0 aliphatic rings. The van der Waals surface area contributed by atoms with Gasteiger partial charge in [-0.1, -0.05) is 15.9 Å². The number of hydrogen-bond donors (Lipinski definition) is 3. The minimum atomic E-state index is -4.49. The first-order valence-electron chi connectivity index (χ1n) is 8.57. The number of anilines is 3. The van der Waals surface area contributed by atoms with Gasteiger partial charge in [0.2, 0.25) is 5.95 Å². The molecule has 2 aromatic heterocycles. The van der Waals surface area contributed by atoms with Crippen LogP contribution >= 0.6 is 15.9 Å². The molecule has 0 radical (unpaired) electrons. The van der Waals surface area contributed by atoms with E-state index >= 15 is 0 Å². The van der Waals surface area contributed by atoms with Crippen molar-refractivity contribution in [3.05, 3.63) is 58.8 Å². The topological polar surface area (TPSA) is 83.0 Å². The van der Waals surface area contributed by atoms with Gasteiger partial charge in [-0.2, -0.15) is 18.2 Å². The van der Waals surface area contributed by atoms with Crippen LogP contribution in [0.2, 0.25) is 0 Å². The van der Waals surface area contributed by atoms with Crippen LogP contribution in [0.1, 0.15) is 12.5 Å². The van der Waals surface area contributed by atoms with Crippen molar-refractivity contribution in [2.24, 2.45) is 0 Å². The van der Waals surface area contributed by atoms with Crippen molar-refractivity contribution in [1.29, 1.82) is 0 Å². The highest BCUT2D eigenvalue weighted by Crippen LogP contribution is 2.37. The summed E-state index contributed by atoms with van der Waals surface area (Å²) in [7, 11) is 0. The molecule has 10 heteroatoms. The van der Waals surface area contributed by atoms with E-state index in [0.717, 1.165) is 6.07 Å². The molecule has 0 bridgehead atoms. The van der Waals surface area contributed by atoms with Crippen molar-refractivity contribution >= 4 is 33.4 Å². The van der Waals surface area contributed by atoms with Crippen LogP contribution < -0.4 is 10.6 Å². The predicted molar refractivity (Wildman–Crippen MR) is 108 cm³/mol. The van der Waals surface area contributed by atoms with E-state index in [2.05, 4.69) is 41.5 Å². The number of halogens is 4. The van der Waals surface area contributed by atoms with Crippen LogP contribution in [0.4, 0.5) is 30.6 Å². The monoisotopic (exact) mass is 467 g/mol.